The van der Waals surface area contributed by atoms with Crippen LogP contribution in [0.3, 0.4) is 0 Å². The highest BCUT2D eigenvalue weighted by atomic mass is 31.2. The Labute approximate surface area is 249 Å². The van der Waals surface area contributed by atoms with Gasteiger partial charge in [-0.05, 0) is 69.5 Å². The fourth-order valence-electron chi connectivity index (χ4n) is 7.44. The van der Waals surface area contributed by atoms with Crippen LogP contribution < -0.4 is 15.9 Å². The van der Waals surface area contributed by atoms with Crippen molar-refractivity contribution in [3.63, 3.8) is 0 Å². The Kier molecular flexibility index (Phi) is 6.52. The number of fused-ring (bicyclic) bond motifs is 2. The Hall–Kier alpha value is -4.19. The minimum absolute atomic E-state index is 0.00394. The van der Waals surface area contributed by atoms with Crippen LogP contribution in [0.4, 0.5) is 0 Å². The van der Waals surface area contributed by atoms with E-state index in [0.29, 0.717) is 0 Å². The van der Waals surface area contributed by atoms with Crippen LogP contribution in [0, 0.1) is 6.92 Å². The summed E-state index contributed by atoms with van der Waals surface area (Å²) in [6, 6.07) is 46.6. The summed E-state index contributed by atoms with van der Waals surface area (Å²) in [5.74, 6) is 0. The maximum absolute atomic E-state index is 14.9. The van der Waals surface area contributed by atoms with Gasteiger partial charge in [0.05, 0.1) is 0 Å². The van der Waals surface area contributed by atoms with Crippen molar-refractivity contribution in [3.05, 3.63) is 150 Å². The van der Waals surface area contributed by atoms with Crippen LogP contribution in [-0.2, 0) is 9.98 Å². The molecule has 1 aliphatic rings. The van der Waals surface area contributed by atoms with Gasteiger partial charge < -0.3 is 4.57 Å². The second-order valence-electron chi connectivity index (χ2n) is 11.5. The van der Waals surface area contributed by atoms with Gasteiger partial charge in [0.2, 0.25) is 0 Å². The molecular weight excluding hydrogens is 527 g/mol. The van der Waals surface area contributed by atoms with Crippen molar-refractivity contribution in [1.29, 1.82) is 0 Å². The molecule has 0 unspecified atom stereocenters. The smallest absolute Gasteiger partial charge is 0.171 e. The Bertz CT molecular complexity index is 1920. The van der Waals surface area contributed by atoms with E-state index in [0.717, 1.165) is 34.3 Å². The lowest BCUT2D eigenvalue weighted by molar-refractivity contribution is 0.481. The van der Waals surface area contributed by atoms with Crippen molar-refractivity contribution in [2.24, 2.45) is 0 Å². The van der Waals surface area contributed by atoms with Crippen LogP contribution in [0.2, 0.25) is 0 Å². The van der Waals surface area contributed by atoms with Gasteiger partial charge in [0, 0.05) is 21.3 Å². The Morgan fingerprint density at radius 1 is 0.571 bits per heavy atom. The van der Waals surface area contributed by atoms with Crippen molar-refractivity contribution in [3.8, 4) is 22.3 Å². The first-order valence-electron chi connectivity index (χ1n) is 15.0. The number of rotatable bonds is 6. The molecule has 0 aliphatic heterocycles. The van der Waals surface area contributed by atoms with Gasteiger partial charge in [-0.15, -0.1) is 0 Å². The number of hydrogen-bond donors (Lipinski definition) is 0. The molecule has 7 rings (SSSR count). The zero-order chi connectivity index (χ0) is 28.9. The van der Waals surface area contributed by atoms with Crippen LogP contribution in [0.1, 0.15) is 43.4 Å². The van der Waals surface area contributed by atoms with Crippen LogP contribution in [0.25, 0.3) is 33.0 Å². The van der Waals surface area contributed by atoms with Crippen molar-refractivity contribution >= 4 is 33.8 Å². The van der Waals surface area contributed by atoms with E-state index in [4.69, 9.17) is 0 Å². The molecule has 0 bridgehead atoms. The van der Waals surface area contributed by atoms with Gasteiger partial charge in [0.15, 0.2) is 7.14 Å². The molecular formula is C40H35OP. The van der Waals surface area contributed by atoms with Crippen LogP contribution >= 0.6 is 7.14 Å². The van der Waals surface area contributed by atoms with Crippen molar-refractivity contribution in [2.45, 2.75) is 39.0 Å². The monoisotopic (exact) mass is 562 g/mol. The maximum Gasteiger partial charge on any atom is 0.171 e. The van der Waals surface area contributed by atoms with Crippen LogP contribution in [0.5, 0.6) is 0 Å². The van der Waals surface area contributed by atoms with Gasteiger partial charge >= 0.3 is 0 Å². The molecule has 0 N–H and O–H groups in total. The molecule has 0 saturated heterocycles. The average Bonchev–Trinajstić information content (AvgIpc) is 3.06. The minimum atomic E-state index is -3.02. The van der Waals surface area contributed by atoms with Gasteiger partial charge in [-0.2, -0.15) is 0 Å². The van der Waals surface area contributed by atoms with Crippen LogP contribution in [-0.4, -0.2) is 0 Å². The topological polar surface area (TPSA) is 17.1 Å². The molecule has 2 heteroatoms. The molecule has 6 aromatic rings. The SMILES string of the molecule is CCC1(CC)c2ccccc2-c2c(C)cc(-c3ccc(P(=O)(c4ccccc4)c4ccccc4)cc3)c3cccc1c23. The van der Waals surface area contributed by atoms with E-state index in [1.807, 2.05) is 60.7 Å². The Morgan fingerprint density at radius 2 is 1.12 bits per heavy atom. The molecule has 1 nitrogen and oxygen atoms in total. The standard InChI is InChI=1S/C40H35OP/c1-4-40(5-2)36-21-13-12-19-34(36)38-28(3)27-35(33-20-14-22-37(40)39(33)38)29-23-25-32(26-24-29)42(41,30-15-8-6-9-16-30)31-17-10-7-11-18-31/h6-27H,4-5H2,1-3H3. The Morgan fingerprint density at radius 3 is 1.74 bits per heavy atom. The lowest BCUT2D eigenvalue weighted by Gasteiger charge is -2.40. The zero-order valence-electron chi connectivity index (χ0n) is 24.5. The van der Waals surface area contributed by atoms with E-state index in [9.17, 15) is 4.57 Å². The summed E-state index contributed by atoms with van der Waals surface area (Å²) in [7, 11) is -3.02. The molecule has 0 atom stereocenters. The number of aryl methyl sites for hydroxylation is 1. The first kappa shape index (κ1) is 26.7. The largest absolute Gasteiger partial charge is 0.309 e. The number of benzene rings is 6. The molecule has 42 heavy (non-hydrogen) atoms. The van der Waals surface area contributed by atoms with E-state index in [1.54, 1.807) is 0 Å². The van der Waals surface area contributed by atoms with Crippen molar-refractivity contribution in [1.82, 2.24) is 0 Å². The highest BCUT2D eigenvalue weighted by Gasteiger charge is 2.39. The van der Waals surface area contributed by atoms with Gasteiger partial charge in [-0.3, -0.25) is 0 Å². The zero-order valence-corrected chi connectivity index (χ0v) is 25.4. The van der Waals surface area contributed by atoms with Gasteiger partial charge in [-0.1, -0.05) is 147 Å². The fourth-order valence-corrected chi connectivity index (χ4v) is 10.1. The highest BCUT2D eigenvalue weighted by Crippen LogP contribution is 2.54. The van der Waals surface area contributed by atoms with E-state index < -0.39 is 7.14 Å². The molecule has 0 radical (unpaired) electrons. The average molecular weight is 563 g/mol. The van der Waals surface area contributed by atoms with E-state index >= 15 is 0 Å². The third-order valence-corrected chi connectivity index (χ3v) is 12.7. The fraction of sp³-hybridized carbons (Fsp3) is 0.150. The minimum Gasteiger partial charge on any atom is -0.309 e. The molecule has 0 aromatic heterocycles. The van der Waals surface area contributed by atoms with Crippen molar-refractivity contribution in [2.75, 3.05) is 0 Å². The lowest BCUT2D eigenvalue weighted by Crippen LogP contribution is -2.29. The first-order valence-corrected chi connectivity index (χ1v) is 16.7. The summed E-state index contributed by atoms with van der Waals surface area (Å²) in [4.78, 5) is 0. The van der Waals surface area contributed by atoms with Gasteiger partial charge in [-0.25, -0.2) is 0 Å². The summed E-state index contributed by atoms with van der Waals surface area (Å²) in [6.07, 6.45) is 2.12. The third kappa shape index (κ3) is 3.80. The highest BCUT2D eigenvalue weighted by molar-refractivity contribution is 7.85. The third-order valence-electron chi connectivity index (χ3n) is 9.58. The number of hydrogen-bond acceptors (Lipinski definition) is 1. The molecule has 0 fully saturated rings. The van der Waals surface area contributed by atoms with Crippen LogP contribution in [0.15, 0.2) is 133 Å². The Balaban J connectivity index is 1.44. The molecule has 206 valence electrons. The van der Waals surface area contributed by atoms with E-state index in [-0.39, 0.29) is 5.41 Å². The van der Waals surface area contributed by atoms with Gasteiger partial charge in [0.1, 0.15) is 0 Å². The second-order valence-corrected chi connectivity index (χ2v) is 14.3. The first-order chi connectivity index (χ1) is 20.5. The second kappa shape index (κ2) is 10.3. The maximum atomic E-state index is 14.9. The quantitative estimate of drug-likeness (QED) is 0.185. The predicted octanol–water partition coefficient (Wildman–Crippen LogP) is 9.54. The van der Waals surface area contributed by atoms with E-state index in [1.165, 1.54) is 44.2 Å². The van der Waals surface area contributed by atoms with Gasteiger partial charge in [0.25, 0.3) is 0 Å². The van der Waals surface area contributed by atoms with Crippen molar-refractivity contribution < 1.29 is 4.57 Å². The van der Waals surface area contributed by atoms with E-state index in [2.05, 4.69) is 93.6 Å². The predicted molar refractivity (Wildman–Crippen MR) is 180 cm³/mol. The molecule has 6 aromatic carbocycles. The summed E-state index contributed by atoms with van der Waals surface area (Å²) in [5.41, 5.74) is 9.30. The molecule has 0 saturated carbocycles. The normalized spacial score (nSPS) is 13.6. The molecule has 0 spiro atoms. The molecule has 0 amide bonds. The summed E-state index contributed by atoms with van der Waals surface area (Å²) in [6.45, 7) is 6.92. The lowest BCUT2D eigenvalue weighted by atomic mass is 9.62. The summed E-state index contributed by atoms with van der Waals surface area (Å²) >= 11 is 0. The molecule has 1 aliphatic carbocycles. The summed E-state index contributed by atoms with van der Waals surface area (Å²) < 4.78 is 14.9. The molecule has 0 heterocycles. The summed E-state index contributed by atoms with van der Waals surface area (Å²) in [5, 5.41) is 5.24.